The van der Waals surface area contributed by atoms with Gasteiger partial charge in [0.05, 0.1) is 16.8 Å². The van der Waals surface area contributed by atoms with E-state index in [1.807, 2.05) is 89.7 Å². The molecular weight excluding hydrogens is 390 g/mol. The predicted octanol–water partition coefficient (Wildman–Crippen LogP) is 4.94. The van der Waals surface area contributed by atoms with Gasteiger partial charge in [0, 0.05) is 16.8 Å². The lowest BCUT2D eigenvalue weighted by molar-refractivity contribution is -0.116. The zero-order valence-corrected chi connectivity index (χ0v) is 17.4. The highest BCUT2D eigenvalue weighted by atomic mass is 32.2. The van der Waals surface area contributed by atoms with E-state index in [0.717, 1.165) is 39.4 Å². The number of carbonyl (C=O) groups is 1. The molecule has 0 bridgehead atoms. The third-order valence-corrected chi connectivity index (χ3v) is 5.13. The quantitative estimate of drug-likeness (QED) is 0.473. The molecule has 4 nitrogen and oxygen atoms in total. The fourth-order valence-corrected chi connectivity index (χ4v) is 3.70. The summed E-state index contributed by atoms with van der Waals surface area (Å²) in [5.74, 6) is 7.86. The number of rotatable bonds is 5. The molecule has 3 aromatic carbocycles. The smallest absolute Gasteiger partial charge is 0.244 e. The molecule has 0 spiro atoms. The minimum Gasteiger partial charge on any atom is -0.324 e. The van der Waals surface area contributed by atoms with Gasteiger partial charge in [0.2, 0.25) is 5.91 Å². The highest BCUT2D eigenvalue weighted by Gasteiger charge is 2.13. The Bertz CT molecular complexity index is 1240. The maximum absolute atomic E-state index is 12.8. The van der Waals surface area contributed by atoms with Crippen LogP contribution in [0.3, 0.4) is 0 Å². The molecule has 0 aliphatic heterocycles. The molecule has 1 heterocycles. The van der Waals surface area contributed by atoms with Gasteiger partial charge in [-0.05, 0) is 48.7 Å². The Hall–Kier alpha value is -3.49. The topological polar surface area (TPSA) is 46.9 Å². The zero-order valence-electron chi connectivity index (χ0n) is 16.6. The molecule has 0 fully saturated rings. The summed E-state index contributed by atoms with van der Waals surface area (Å²) >= 11 is 1.69. The molecule has 0 radical (unpaired) electrons. The van der Waals surface area contributed by atoms with Crippen molar-refractivity contribution in [1.82, 2.24) is 9.55 Å². The molecule has 30 heavy (non-hydrogen) atoms. The Balaban J connectivity index is 1.51. The van der Waals surface area contributed by atoms with Gasteiger partial charge in [-0.15, -0.1) is 0 Å². The molecule has 1 aromatic heterocycles. The van der Waals surface area contributed by atoms with Gasteiger partial charge in [0.15, 0.2) is 0 Å². The van der Waals surface area contributed by atoms with Crippen molar-refractivity contribution < 1.29 is 4.79 Å². The fraction of sp³-hybridized carbons (Fsp3) is 0.120. The van der Waals surface area contributed by atoms with Crippen molar-refractivity contribution in [1.29, 1.82) is 0 Å². The van der Waals surface area contributed by atoms with Crippen LogP contribution in [0.25, 0.3) is 11.0 Å². The van der Waals surface area contributed by atoms with Crippen LogP contribution in [-0.4, -0.2) is 21.7 Å². The van der Waals surface area contributed by atoms with Gasteiger partial charge in [-0.25, -0.2) is 4.98 Å². The van der Waals surface area contributed by atoms with E-state index in [2.05, 4.69) is 22.1 Å². The number of hydrogen-bond acceptors (Lipinski definition) is 3. The van der Waals surface area contributed by atoms with Crippen molar-refractivity contribution in [2.45, 2.75) is 12.3 Å². The van der Waals surface area contributed by atoms with Crippen LogP contribution in [0.1, 0.15) is 17.0 Å². The summed E-state index contributed by atoms with van der Waals surface area (Å²) in [5, 5.41) is 2.99. The number of benzene rings is 3. The van der Waals surface area contributed by atoms with Gasteiger partial charge in [0.25, 0.3) is 0 Å². The third-order valence-electron chi connectivity index (χ3n) is 4.58. The molecule has 4 aromatic rings. The number of hydrogen-bond donors (Lipinski definition) is 1. The molecule has 0 saturated carbocycles. The Kier molecular flexibility index (Phi) is 6.17. The van der Waals surface area contributed by atoms with Crippen molar-refractivity contribution in [2.75, 3.05) is 11.6 Å². The van der Waals surface area contributed by atoms with E-state index in [-0.39, 0.29) is 12.5 Å². The number of para-hydroxylation sites is 2. The maximum atomic E-state index is 12.8. The first-order valence-corrected chi connectivity index (χ1v) is 11.0. The van der Waals surface area contributed by atoms with Crippen LogP contribution in [-0.2, 0) is 17.1 Å². The number of nitrogens with zero attached hydrogens (tertiary/aromatic N) is 2. The third kappa shape index (κ3) is 4.73. The number of nitrogens with one attached hydrogen (secondary N) is 1. The van der Waals surface area contributed by atoms with Gasteiger partial charge in [-0.2, -0.15) is 11.8 Å². The molecule has 0 aliphatic carbocycles. The van der Waals surface area contributed by atoms with Crippen LogP contribution in [0.5, 0.6) is 0 Å². The molecule has 5 heteroatoms. The molecule has 0 aliphatic rings. The maximum Gasteiger partial charge on any atom is 0.244 e. The summed E-state index contributed by atoms with van der Waals surface area (Å²) in [5.41, 5.74) is 4.43. The van der Waals surface area contributed by atoms with Crippen LogP contribution >= 0.6 is 11.8 Å². The summed E-state index contributed by atoms with van der Waals surface area (Å²) in [6.07, 6.45) is 2.03. The second-order valence-corrected chi connectivity index (χ2v) is 7.65. The number of imidazole rings is 1. The molecule has 0 unspecified atom stereocenters. The largest absolute Gasteiger partial charge is 0.324 e. The van der Waals surface area contributed by atoms with E-state index < -0.39 is 0 Å². The van der Waals surface area contributed by atoms with Gasteiger partial charge >= 0.3 is 0 Å². The van der Waals surface area contributed by atoms with Gasteiger partial charge in [-0.3, -0.25) is 4.79 Å². The van der Waals surface area contributed by atoms with Crippen molar-refractivity contribution >= 4 is 34.4 Å². The number of thioether (sulfide) groups is 1. The summed E-state index contributed by atoms with van der Waals surface area (Å²) < 4.78 is 1.99. The van der Waals surface area contributed by atoms with Crippen molar-refractivity contribution in [3.63, 3.8) is 0 Å². The second-order valence-electron chi connectivity index (χ2n) is 6.78. The minimum atomic E-state index is -0.0892. The SMILES string of the molecule is CSCc1nc2ccccc2n1CC(=O)Nc1cccc(C#Cc2ccccc2)c1. The first-order chi connectivity index (χ1) is 14.7. The lowest BCUT2D eigenvalue weighted by Crippen LogP contribution is -2.20. The highest BCUT2D eigenvalue weighted by Crippen LogP contribution is 2.19. The molecule has 1 N–H and O–H groups in total. The lowest BCUT2D eigenvalue weighted by Gasteiger charge is -2.10. The molecule has 0 atom stereocenters. The molecular formula is C25H21N3OS. The standard InChI is InChI=1S/C25H21N3OS/c1-30-18-24-27-22-12-5-6-13-23(22)28(24)17-25(29)26-21-11-7-10-20(16-21)15-14-19-8-3-2-4-9-19/h2-13,16H,17-18H2,1H3,(H,26,29). The number of amides is 1. The first kappa shape index (κ1) is 19.8. The second kappa shape index (κ2) is 9.34. The Morgan fingerprint density at radius 1 is 0.967 bits per heavy atom. The van der Waals surface area contributed by atoms with Crippen molar-refractivity contribution in [3.05, 3.63) is 95.8 Å². The van der Waals surface area contributed by atoms with E-state index >= 15 is 0 Å². The molecule has 1 amide bonds. The summed E-state index contributed by atoms with van der Waals surface area (Å²) in [7, 11) is 0. The number of fused-ring (bicyclic) bond motifs is 1. The predicted molar refractivity (Wildman–Crippen MR) is 124 cm³/mol. The van der Waals surface area contributed by atoms with Gasteiger partial charge in [0.1, 0.15) is 12.4 Å². The number of carbonyl (C=O) groups excluding carboxylic acids is 1. The Labute approximate surface area is 180 Å². The van der Waals surface area contributed by atoms with Crippen molar-refractivity contribution in [3.8, 4) is 11.8 Å². The molecule has 4 rings (SSSR count). The summed E-state index contributed by atoms with van der Waals surface area (Å²) in [6.45, 7) is 0.219. The van der Waals surface area contributed by atoms with E-state index in [1.165, 1.54) is 0 Å². The molecule has 0 saturated heterocycles. The van der Waals surface area contributed by atoms with Crippen LogP contribution in [0.4, 0.5) is 5.69 Å². The average molecular weight is 412 g/mol. The monoisotopic (exact) mass is 411 g/mol. The first-order valence-electron chi connectivity index (χ1n) is 9.63. The summed E-state index contributed by atoms with van der Waals surface area (Å²) in [6, 6.07) is 25.3. The number of anilines is 1. The van der Waals surface area contributed by atoms with E-state index in [1.54, 1.807) is 11.8 Å². The zero-order chi connectivity index (χ0) is 20.8. The van der Waals surface area contributed by atoms with E-state index in [9.17, 15) is 4.79 Å². The minimum absolute atomic E-state index is 0.0892. The van der Waals surface area contributed by atoms with Gasteiger partial charge in [-0.1, -0.05) is 48.2 Å². The van der Waals surface area contributed by atoms with E-state index in [0.29, 0.717) is 0 Å². The van der Waals surface area contributed by atoms with Crippen LogP contribution in [0.15, 0.2) is 78.9 Å². The summed E-state index contributed by atoms with van der Waals surface area (Å²) in [4.78, 5) is 17.4. The van der Waals surface area contributed by atoms with Crippen molar-refractivity contribution in [2.24, 2.45) is 0 Å². The lowest BCUT2D eigenvalue weighted by atomic mass is 10.1. The molecule has 148 valence electrons. The number of aromatic nitrogens is 2. The average Bonchev–Trinajstić information content (AvgIpc) is 3.10. The van der Waals surface area contributed by atoms with Gasteiger partial charge < -0.3 is 9.88 Å². The van der Waals surface area contributed by atoms with E-state index in [4.69, 9.17) is 0 Å². The van der Waals surface area contributed by atoms with Crippen LogP contribution < -0.4 is 5.32 Å². The fourth-order valence-electron chi connectivity index (χ4n) is 3.23. The Morgan fingerprint density at radius 2 is 1.70 bits per heavy atom. The van der Waals surface area contributed by atoms with Crippen LogP contribution in [0, 0.1) is 11.8 Å². The Morgan fingerprint density at radius 3 is 2.53 bits per heavy atom. The van der Waals surface area contributed by atoms with Crippen LogP contribution in [0.2, 0.25) is 0 Å². The normalized spacial score (nSPS) is 10.4. The highest BCUT2D eigenvalue weighted by molar-refractivity contribution is 7.97.